The first-order chi connectivity index (χ1) is 12.0. The third kappa shape index (κ3) is 4.73. The molecule has 138 valence electrons. The van der Waals surface area contributed by atoms with E-state index in [0.717, 1.165) is 35.8 Å². The highest BCUT2D eigenvalue weighted by molar-refractivity contribution is 7.80. The molecule has 0 aromatic heterocycles. The van der Waals surface area contributed by atoms with Gasteiger partial charge in [-0.1, -0.05) is 37.5 Å². The Morgan fingerprint density at radius 2 is 1.72 bits per heavy atom. The first-order valence-electron chi connectivity index (χ1n) is 9.89. The summed E-state index contributed by atoms with van der Waals surface area (Å²) < 4.78 is 0. The zero-order chi connectivity index (χ0) is 17.8. The largest absolute Gasteiger partial charge is 0.349 e. The fraction of sp³-hybridized carbons (Fsp3) is 0.667. The second kappa shape index (κ2) is 8.50. The molecule has 25 heavy (non-hydrogen) atoms. The molecule has 1 saturated heterocycles. The number of hydrogen-bond acceptors (Lipinski definition) is 2. The SMILES string of the molecule is Cc1ccc(NC(=S)N2CCC(N(C)C3CCCCC3C)CC2)cc1. The van der Waals surface area contributed by atoms with Crippen molar-refractivity contribution >= 4 is 23.0 Å². The number of rotatable bonds is 3. The van der Waals surface area contributed by atoms with E-state index < -0.39 is 0 Å². The third-order valence-corrected chi connectivity index (χ3v) is 6.58. The molecular weight excluding hydrogens is 326 g/mol. The predicted octanol–water partition coefficient (Wildman–Crippen LogP) is 4.67. The Balaban J connectivity index is 1.49. The highest BCUT2D eigenvalue weighted by Gasteiger charge is 2.31. The van der Waals surface area contributed by atoms with Gasteiger partial charge in [0.25, 0.3) is 0 Å². The van der Waals surface area contributed by atoms with E-state index in [0.29, 0.717) is 6.04 Å². The average Bonchev–Trinajstić information content (AvgIpc) is 2.63. The number of thiocarbonyl (C=S) groups is 1. The molecule has 2 atom stereocenters. The molecule has 3 rings (SSSR count). The maximum Gasteiger partial charge on any atom is 0.173 e. The Bertz CT molecular complexity index is 563. The molecule has 0 bridgehead atoms. The van der Waals surface area contributed by atoms with E-state index in [1.54, 1.807) is 0 Å². The predicted molar refractivity (Wildman–Crippen MR) is 111 cm³/mol. The molecule has 1 aromatic rings. The van der Waals surface area contributed by atoms with Crippen LogP contribution in [0.1, 0.15) is 51.0 Å². The summed E-state index contributed by atoms with van der Waals surface area (Å²) in [6, 6.07) is 9.95. The van der Waals surface area contributed by atoms with Crippen LogP contribution in [0.15, 0.2) is 24.3 Å². The third-order valence-electron chi connectivity index (χ3n) is 6.22. The van der Waals surface area contributed by atoms with Crippen molar-refractivity contribution in [1.29, 1.82) is 0 Å². The van der Waals surface area contributed by atoms with Gasteiger partial charge >= 0.3 is 0 Å². The normalized spacial score (nSPS) is 25.2. The van der Waals surface area contributed by atoms with E-state index >= 15 is 0 Å². The molecular formula is C21H33N3S. The average molecular weight is 360 g/mol. The van der Waals surface area contributed by atoms with Crippen molar-refractivity contribution in [2.45, 2.75) is 64.5 Å². The van der Waals surface area contributed by atoms with Gasteiger partial charge in [-0.3, -0.25) is 0 Å². The van der Waals surface area contributed by atoms with E-state index in [1.165, 1.54) is 44.1 Å². The summed E-state index contributed by atoms with van der Waals surface area (Å²) in [5, 5.41) is 4.27. The van der Waals surface area contributed by atoms with Crippen molar-refractivity contribution in [3.8, 4) is 0 Å². The monoisotopic (exact) mass is 359 g/mol. The second-order valence-corrected chi connectivity index (χ2v) is 8.40. The number of benzene rings is 1. The maximum absolute atomic E-state index is 5.64. The van der Waals surface area contributed by atoms with Gasteiger partial charge < -0.3 is 15.1 Å². The number of likely N-dealkylation sites (tertiary alicyclic amines) is 1. The molecule has 0 amide bonds. The van der Waals surface area contributed by atoms with Crippen molar-refractivity contribution in [3.63, 3.8) is 0 Å². The van der Waals surface area contributed by atoms with Gasteiger partial charge in [0.15, 0.2) is 5.11 Å². The summed E-state index contributed by atoms with van der Waals surface area (Å²) in [5.74, 6) is 0.848. The molecule has 0 spiro atoms. The van der Waals surface area contributed by atoms with Crippen LogP contribution < -0.4 is 5.32 Å². The topological polar surface area (TPSA) is 18.5 Å². The molecule has 3 nitrogen and oxygen atoms in total. The van der Waals surface area contributed by atoms with Crippen LogP contribution >= 0.6 is 12.2 Å². The van der Waals surface area contributed by atoms with Gasteiger partial charge in [0, 0.05) is 30.9 Å². The number of nitrogens with one attached hydrogen (secondary N) is 1. The molecule has 1 aliphatic heterocycles. The Kier molecular flexibility index (Phi) is 6.34. The lowest BCUT2D eigenvalue weighted by atomic mass is 9.84. The smallest absolute Gasteiger partial charge is 0.173 e. The van der Waals surface area contributed by atoms with Gasteiger partial charge in [0.05, 0.1) is 0 Å². The molecule has 2 unspecified atom stereocenters. The quantitative estimate of drug-likeness (QED) is 0.790. The van der Waals surface area contributed by atoms with Crippen molar-refractivity contribution in [2.24, 2.45) is 5.92 Å². The van der Waals surface area contributed by atoms with Gasteiger partial charge in [0.2, 0.25) is 0 Å². The second-order valence-electron chi connectivity index (χ2n) is 8.01. The van der Waals surface area contributed by atoms with Crippen LogP contribution in [0, 0.1) is 12.8 Å². The minimum Gasteiger partial charge on any atom is -0.349 e. The van der Waals surface area contributed by atoms with Gasteiger partial charge in [-0.05, 0) is 69.9 Å². The minimum atomic E-state index is 0.712. The van der Waals surface area contributed by atoms with Gasteiger partial charge in [-0.25, -0.2) is 0 Å². The van der Waals surface area contributed by atoms with Crippen molar-refractivity contribution < 1.29 is 0 Å². The first kappa shape index (κ1) is 18.7. The van der Waals surface area contributed by atoms with E-state index in [1.807, 2.05) is 0 Å². The lowest BCUT2D eigenvalue weighted by Gasteiger charge is -2.44. The van der Waals surface area contributed by atoms with E-state index in [9.17, 15) is 0 Å². The number of piperidine rings is 1. The van der Waals surface area contributed by atoms with Crippen LogP contribution in [0.3, 0.4) is 0 Å². The molecule has 1 aliphatic carbocycles. The standard InChI is InChI=1S/C21H33N3S/c1-16-8-10-18(11-9-16)22-21(25)24-14-12-19(13-15-24)23(3)20-7-5-4-6-17(20)2/h8-11,17,19-20H,4-7,12-15H2,1-3H3,(H,22,25). The summed E-state index contributed by atoms with van der Waals surface area (Å²) in [6.45, 7) is 6.67. The molecule has 2 aliphatic rings. The number of hydrogen-bond donors (Lipinski definition) is 1. The number of aryl methyl sites for hydroxylation is 1. The van der Waals surface area contributed by atoms with E-state index in [-0.39, 0.29) is 0 Å². The molecule has 1 aromatic carbocycles. The van der Waals surface area contributed by atoms with Crippen LogP contribution in [-0.4, -0.2) is 47.1 Å². The molecule has 2 fully saturated rings. The highest BCUT2D eigenvalue weighted by atomic mass is 32.1. The van der Waals surface area contributed by atoms with Crippen molar-refractivity contribution in [3.05, 3.63) is 29.8 Å². The lowest BCUT2D eigenvalue weighted by Crippen LogP contribution is -2.51. The van der Waals surface area contributed by atoms with Crippen LogP contribution in [0.5, 0.6) is 0 Å². The van der Waals surface area contributed by atoms with Gasteiger partial charge in [0.1, 0.15) is 0 Å². The highest BCUT2D eigenvalue weighted by Crippen LogP contribution is 2.30. The van der Waals surface area contributed by atoms with E-state index in [2.05, 4.69) is 60.3 Å². The van der Waals surface area contributed by atoms with E-state index in [4.69, 9.17) is 12.2 Å². The number of anilines is 1. The lowest BCUT2D eigenvalue weighted by molar-refractivity contribution is 0.0691. The zero-order valence-corrected chi connectivity index (χ0v) is 16.8. The van der Waals surface area contributed by atoms with Gasteiger partial charge in [-0.2, -0.15) is 0 Å². The summed E-state index contributed by atoms with van der Waals surface area (Å²) in [5.41, 5.74) is 2.36. The van der Waals surface area contributed by atoms with Crippen LogP contribution in [0.25, 0.3) is 0 Å². The zero-order valence-electron chi connectivity index (χ0n) is 16.0. The Hall–Kier alpha value is -1.13. The van der Waals surface area contributed by atoms with Crippen LogP contribution in [-0.2, 0) is 0 Å². The Labute approximate surface area is 158 Å². The van der Waals surface area contributed by atoms with Crippen LogP contribution in [0.2, 0.25) is 0 Å². The summed E-state index contributed by atoms with van der Waals surface area (Å²) in [6.07, 6.45) is 8.04. The minimum absolute atomic E-state index is 0.712. The molecule has 1 N–H and O–H groups in total. The first-order valence-corrected chi connectivity index (χ1v) is 10.3. The van der Waals surface area contributed by atoms with Gasteiger partial charge in [-0.15, -0.1) is 0 Å². The fourth-order valence-corrected chi connectivity index (χ4v) is 4.79. The molecule has 4 heteroatoms. The molecule has 0 radical (unpaired) electrons. The molecule has 1 saturated carbocycles. The number of nitrogens with zero attached hydrogens (tertiary/aromatic N) is 2. The Morgan fingerprint density at radius 1 is 1.08 bits per heavy atom. The Morgan fingerprint density at radius 3 is 2.36 bits per heavy atom. The summed E-state index contributed by atoms with van der Waals surface area (Å²) in [4.78, 5) is 5.03. The van der Waals surface area contributed by atoms with Crippen molar-refractivity contribution in [1.82, 2.24) is 9.80 Å². The fourth-order valence-electron chi connectivity index (χ4n) is 4.49. The van der Waals surface area contributed by atoms with Crippen LogP contribution in [0.4, 0.5) is 5.69 Å². The van der Waals surface area contributed by atoms with Crippen molar-refractivity contribution in [2.75, 3.05) is 25.5 Å². The summed E-state index contributed by atoms with van der Waals surface area (Å²) in [7, 11) is 2.36. The summed E-state index contributed by atoms with van der Waals surface area (Å²) >= 11 is 5.64. The molecule has 1 heterocycles. The maximum atomic E-state index is 5.64.